The molecule has 2 heterocycles. The first-order chi connectivity index (χ1) is 21.6. The Labute approximate surface area is 295 Å². The van der Waals surface area contributed by atoms with Crippen LogP contribution in [-0.2, 0) is 9.59 Å². The zero-order valence-electron chi connectivity index (χ0n) is 23.0. The van der Waals surface area contributed by atoms with Gasteiger partial charge in [-0.25, -0.2) is 0 Å². The molecule has 1 aromatic heterocycles. The lowest BCUT2D eigenvalue weighted by atomic mass is 10.0. The van der Waals surface area contributed by atoms with E-state index in [-0.39, 0.29) is 10.5 Å². The second-order valence-electron chi connectivity index (χ2n) is 9.81. The summed E-state index contributed by atoms with van der Waals surface area (Å²) in [6.07, 6.45) is 0. The first-order valence-corrected chi connectivity index (χ1v) is 16.8. The lowest BCUT2D eigenvalue weighted by molar-refractivity contribution is -0.129. The van der Waals surface area contributed by atoms with Crippen molar-refractivity contribution in [3.8, 4) is 11.3 Å². The Hall–Kier alpha value is -3.43. The van der Waals surface area contributed by atoms with Crippen molar-refractivity contribution in [2.75, 3.05) is 9.91 Å². The van der Waals surface area contributed by atoms with Gasteiger partial charge in [0.2, 0.25) is 11.2 Å². The van der Waals surface area contributed by atoms with Crippen LogP contribution in [0.15, 0.2) is 118 Å². The van der Waals surface area contributed by atoms with Crippen molar-refractivity contribution in [3.63, 3.8) is 0 Å². The zero-order valence-corrected chi connectivity index (χ0v) is 30.1. The van der Waals surface area contributed by atoms with Gasteiger partial charge in [0.1, 0.15) is 5.69 Å². The molecule has 1 aliphatic rings. The summed E-state index contributed by atoms with van der Waals surface area (Å²) in [6.45, 7) is 1.96. The van der Waals surface area contributed by atoms with Crippen LogP contribution in [0, 0.1) is 6.92 Å². The average molecular weight is 874 g/mol. The quantitative estimate of drug-likeness (QED) is 0.0582. The number of anilines is 1. The van der Waals surface area contributed by atoms with Crippen LogP contribution in [0.4, 0.5) is 11.4 Å². The van der Waals surface area contributed by atoms with Gasteiger partial charge in [-0.3, -0.25) is 19.3 Å². The van der Waals surface area contributed by atoms with Crippen molar-refractivity contribution >= 4 is 115 Å². The highest BCUT2D eigenvalue weighted by molar-refractivity contribution is 9.15. The normalized spacial score (nSPS) is 15.5. The minimum Gasteiger partial charge on any atom is -0.271 e. The van der Waals surface area contributed by atoms with Gasteiger partial charge in [-0.15, -0.1) is 9.89 Å². The van der Waals surface area contributed by atoms with Gasteiger partial charge in [0, 0.05) is 28.8 Å². The summed E-state index contributed by atoms with van der Waals surface area (Å²) >= 11 is 20.1. The van der Waals surface area contributed by atoms with Gasteiger partial charge in [-0.05, 0) is 107 Å². The first-order valence-electron chi connectivity index (χ1n) is 13.2. The predicted molar refractivity (Wildman–Crippen MR) is 191 cm³/mol. The Bertz CT molecular complexity index is 2110. The molecule has 1 fully saturated rings. The number of nitrogens with zero attached hydrogens (tertiary/aromatic N) is 6. The third kappa shape index (κ3) is 5.63. The number of hydrogen-bond acceptors (Lipinski definition) is 7. The van der Waals surface area contributed by atoms with Gasteiger partial charge in [-0.1, -0.05) is 66.2 Å². The molecule has 0 bridgehead atoms. The summed E-state index contributed by atoms with van der Waals surface area (Å²) in [6, 6.07) is 23.2. The molecule has 9 nitrogen and oxygen atoms in total. The van der Waals surface area contributed by atoms with E-state index in [0.717, 1.165) is 20.3 Å². The summed E-state index contributed by atoms with van der Waals surface area (Å²) in [7, 11) is 0. The summed E-state index contributed by atoms with van der Waals surface area (Å²) in [4.78, 5) is 44.5. The van der Waals surface area contributed by atoms with Gasteiger partial charge >= 0.3 is 0 Å². The second kappa shape index (κ2) is 12.8. The standard InChI is InChI=1S/C31H18Br4N6O3S/c1-16-12-14-17(15-13-16)26-20-21(23(33)25(35)24(34)22(20)32)28(42)41(38-26)40-30(44)27(37-36-18-8-4-2-5-9-18)29(43)39(31(40)45)19-10-6-3-7-11-19/h2-15,27H,1H3. The van der Waals surface area contributed by atoms with Crippen molar-refractivity contribution < 1.29 is 9.59 Å². The van der Waals surface area contributed by atoms with Crippen LogP contribution in [0.25, 0.3) is 22.0 Å². The molecular weight excluding hydrogens is 856 g/mol. The molecule has 5 aromatic rings. The van der Waals surface area contributed by atoms with E-state index in [4.69, 9.17) is 17.3 Å². The monoisotopic (exact) mass is 870 g/mol. The van der Waals surface area contributed by atoms with Crippen LogP contribution in [0.3, 0.4) is 0 Å². The maximum atomic E-state index is 14.4. The Balaban J connectivity index is 1.63. The van der Waals surface area contributed by atoms with E-state index in [1.807, 2.05) is 37.3 Å². The van der Waals surface area contributed by atoms with Crippen molar-refractivity contribution in [2.24, 2.45) is 10.2 Å². The van der Waals surface area contributed by atoms with Crippen molar-refractivity contribution in [1.82, 2.24) is 9.89 Å². The fraction of sp³-hybridized carbons (Fsp3) is 0.0645. The van der Waals surface area contributed by atoms with Gasteiger partial charge in [0.25, 0.3) is 17.4 Å². The van der Waals surface area contributed by atoms with Crippen molar-refractivity contribution in [2.45, 2.75) is 13.0 Å². The predicted octanol–water partition coefficient (Wildman–Crippen LogP) is 8.37. The Morgan fingerprint density at radius 3 is 1.93 bits per heavy atom. The van der Waals surface area contributed by atoms with Gasteiger partial charge in [0.15, 0.2) is 0 Å². The summed E-state index contributed by atoms with van der Waals surface area (Å²) in [5, 5.41) is 14.4. The summed E-state index contributed by atoms with van der Waals surface area (Å²) < 4.78 is 2.22. The lowest BCUT2D eigenvalue weighted by Gasteiger charge is -2.37. The Kier molecular flexibility index (Phi) is 8.94. The lowest BCUT2D eigenvalue weighted by Crippen LogP contribution is -2.67. The largest absolute Gasteiger partial charge is 0.296 e. The number of amides is 2. The molecule has 0 saturated carbocycles. The maximum absolute atomic E-state index is 14.4. The molecule has 0 radical (unpaired) electrons. The smallest absolute Gasteiger partial charge is 0.271 e. The van der Waals surface area contributed by atoms with E-state index in [9.17, 15) is 14.4 Å². The number of aromatic nitrogens is 2. The molecule has 14 heteroatoms. The number of rotatable bonds is 5. The molecule has 0 N–H and O–H groups in total. The fourth-order valence-electron chi connectivity index (χ4n) is 4.73. The van der Waals surface area contributed by atoms with E-state index in [1.54, 1.807) is 54.6 Å². The number of azo groups is 1. The van der Waals surface area contributed by atoms with Crippen LogP contribution < -0.4 is 15.5 Å². The Morgan fingerprint density at radius 2 is 1.31 bits per heavy atom. The second-order valence-corrected chi connectivity index (χ2v) is 13.3. The van der Waals surface area contributed by atoms with Crippen LogP contribution in [0.5, 0.6) is 0 Å². The highest BCUT2D eigenvalue weighted by Gasteiger charge is 2.47. The first kappa shape index (κ1) is 31.5. The number of benzene rings is 4. The van der Waals surface area contributed by atoms with E-state index in [1.165, 1.54) is 0 Å². The number of aryl methyl sites for hydroxylation is 1. The highest BCUT2D eigenvalue weighted by atomic mass is 79.9. The molecule has 1 saturated heterocycles. The van der Waals surface area contributed by atoms with Crippen LogP contribution in [0.2, 0.25) is 0 Å². The molecule has 45 heavy (non-hydrogen) atoms. The van der Waals surface area contributed by atoms with Crippen LogP contribution in [0.1, 0.15) is 5.56 Å². The van der Waals surface area contributed by atoms with E-state index in [2.05, 4.69) is 73.9 Å². The number of para-hydroxylation sites is 1. The van der Waals surface area contributed by atoms with E-state index < -0.39 is 23.4 Å². The van der Waals surface area contributed by atoms with E-state index in [0.29, 0.717) is 45.9 Å². The topological polar surface area (TPSA) is 100 Å². The SMILES string of the molecule is Cc1ccc(-c2nn(N3C(=O)C(N=Nc4ccccc4)C(=O)N(c4ccccc4)C3=S)c(=O)c3c(Br)c(Br)c(Br)c(Br)c23)cc1. The third-order valence-electron chi connectivity index (χ3n) is 6.94. The summed E-state index contributed by atoms with van der Waals surface area (Å²) in [5.41, 5.74) is 2.23. The van der Waals surface area contributed by atoms with Gasteiger partial charge < -0.3 is 0 Å². The van der Waals surface area contributed by atoms with Crippen molar-refractivity contribution in [3.05, 3.63) is 119 Å². The van der Waals surface area contributed by atoms with E-state index >= 15 is 0 Å². The molecule has 1 unspecified atom stereocenters. The zero-order chi connectivity index (χ0) is 32.0. The fourth-order valence-corrected chi connectivity index (χ4v) is 7.57. The van der Waals surface area contributed by atoms with Gasteiger partial charge in [0.05, 0.1) is 16.8 Å². The van der Waals surface area contributed by atoms with Crippen LogP contribution >= 0.6 is 75.9 Å². The Morgan fingerprint density at radius 1 is 0.733 bits per heavy atom. The number of carbonyl (C=O) groups is 2. The van der Waals surface area contributed by atoms with Gasteiger partial charge in [-0.2, -0.15) is 15.2 Å². The summed E-state index contributed by atoms with van der Waals surface area (Å²) in [5.74, 6) is -1.60. The third-order valence-corrected chi connectivity index (χ3v) is 12.1. The number of fused-ring (bicyclic) bond motifs is 1. The molecule has 0 spiro atoms. The molecule has 1 atom stereocenters. The highest BCUT2D eigenvalue weighted by Crippen LogP contribution is 2.45. The molecule has 224 valence electrons. The molecule has 6 rings (SSSR count). The van der Waals surface area contributed by atoms with Crippen LogP contribution in [-0.4, -0.2) is 32.9 Å². The average Bonchev–Trinajstić information content (AvgIpc) is 3.04. The number of thiocarbonyl (C=S) groups is 1. The molecule has 0 aliphatic carbocycles. The molecular formula is C31H18Br4N6O3S. The minimum atomic E-state index is -1.66. The number of carbonyl (C=O) groups excluding carboxylic acids is 2. The number of hydrogen-bond donors (Lipinski definition) is 0. The maximum Gasteiger partial charge on any atom is 0.296 e. The molecule has 4 aromatic carbocycles. The number of halogens is 4. The van der Waals surface area contributed by atoms with Crippen molar-refractivity contribution in [1.29, 1.82) is 0 Å². The molecule has 2 amide bonds. The minimum absolute atomic E-state index is 0.212. The molecule has 1 aliphatic heterocycles.